The third-order valence-electron chi connectivity index (χ3n) is 4.85. The van der Waals surface area contributed by atoms with Gasteiger partial charge in [0, 0.05) is 6.20 Å². The van der Waals surface area contributed by atoms with Gasteiger partial charge in [-0.05, 0) is 49.1 Å². The van der Waals surface area contributed by atoms with Gasteiger partial charge in [-0.15, -0.1) is 0 Å². The molecule has 3 aromatic rings. The average Bonchev–Trinajstić information content (AvgIpc) is 2.68. The van der Waals surface area contributed by atoms with Crippen LogP contribution < -0.4 is 4.72 Å². The maximum absolute atomic E-state index is 13.3. The minimum atomic E-state index is -4.12. The molecule has 1 aromatic heterocycles. The van der Waals surface area contributed by atoms with Crippen LogP contribution in [0.2, 0.25) is 0 Å². The Morgan fingerprint density at radius 2 is 1.87 bits per heavy atom. The van der Waals surface area contributed by atoms with Gasteiger partial charge in [0.15, 0.2) is 0 Å². The van der Waals surface area contributed by atoms with E-state index in [4.69, 9.17) is 0 Å². The lowest BCUT2D eigenvalue weighted by Crippen LogP contribution is -2.16. The number of hydrogen-bond donors (Lipinski definition) is 3. The molecule has 0 atom stereocenters. The standard InChI is InChI=1S/C23H26N2O4S/c1-3-4-5-9-18-14-20(26)21(17-10-6-8-16(2)13-17)22(27)23(18)30(28,29)25-19-11-7-12-24-15-19/h6-8,10-15,25-27H,3-5,9H2,1-2H3. The van der Waals surface area contributed by atoms with Crippen LogP contribution in [0.3, 0.4) is 0 Å². The lowest BCUT2D eigenvalue weighted by atomic mass is 9.97. The highest BCUT2D eigenvalue weighted by atomic mass is 32.2. The van der Waals surface area contributed by atoms with Crippen molar-refractivity contribution in [3.05, 3.63) is 66.0 Å². The van der Waals surface area contributed by atoms with E-state index < -0.39 is 15.8 Å². The molecule has 6 nitrogen and oxygen atoms in total. The van der Waals surface area contributed by atoms with Gasteiger partial charge >= 0.3 is 0 Å². The quantitative estimate of drug-likeness (QED) is 0.440. The van der Waals surface area contributed by atoms with Gasteiger partial charge in [-0.2, -0.15) is 0 Å². The predicted octanol–water partition coefficient (Wildman–Crippen LogP) is 5.00. The topological polar surface area (TPSA) is 99.5 Å². The Balaban J connectivity index is 2.17. The summed E-state index contributed by atoms with van der Waals surface area (Å²) >= 11 is 0. The van der Waals surface area contributed by atoms with Crippen molar-refractivity contribution in [1.29, 1.82) is 0 Å². The van der Waals surface area contributed by atoms with Crippen LogP contribution in [0.4, 0.5) is 5.69 Å². The molecule has 0 amide bonds. The van der Waals surface area contributed by atoms with Crippen molar-refractivity contribution in [3.63, 3.8) is 0 Å². The number of phenolic OH excluding ortho intramolecular Hbond substituents is 2. The first-order valence-corrected chi connectivity index (χ1v) is 11.4. The fraction of sp³-hybridized carbons (Fsp3) is 0.261. The summed E-state index contributed by atoms with van der Waals surface area (Å²) in [6.45, 7) is 3.94. The molecule has 30 heavy (non-hydrogen) atoms. The van der Waals surface area contributed by atoms with Gasteiger partial charge < -0.3 is 10.2 Å². The Labute approximate surface area is 177 Å². The molecule has 0 aliphatic carbocycles. The molecule has 0 unspecified atom stereocenters. The molecule has 0 saturated heterocycles. The summed E-state index contributed by atoms with van der Waals surface area (Å²) in [7, 11) is -4.12. The van der Waals surface area contributed by atoms with Crippen LogP contribution in [0, 0.1) is 6.92 Å². The van der Waals surface area contributed by atoms with Crippen molar-refractivity contribution in [2.45, 2.75) is 44.4 Å². The van der Waals surface area contributed by atoms with E-state index in [1.165, 1.54) is 12.3 Å². The number of nitrogens with one attached hydrogen (secondary N) is 1. The monoisotopic (exact) mass is 426 g/mol. The maximum Gasteiger partial charge on any atom is 0.265 e. The van der Waals surface area contributed by atoms with Gasteiger partial charge in [-0.25, -0.2) is 8.42 Å². The number of nitrogens with zero attached hydrogens (tertiary/aromatic N) is 1. The van der Waals surface area contributed by atoms with Gasteiger partial charge in [0.25, 0.3) is 10.0 Å². The number of aromatic nitrogens is 1. The predicted molar refractivity (Wildman–Crippen MR) is 118 cm³/mol. The first-order chi connectivity index (χ1) is 14.3. The molecule has 0 radical (unpaired) electrons. The van der Waals surface area contributed by atoms with Crippen molar-refractivity contribution in [2.75, 3.05) is 4.72 Å². The van der Waals surface area contributed by atoms with Crippen LogP contribution in [0.1, 0.15) is 37.3 Å². The van der Waals surface area contributed by atoms with Crippen molar-refractivity contribution in [3.8, 4) is 22.6 Å². The number of anilines is 1. The number of sulfonamides is 1. The highest BCUT2D eigenvalue weighted by Gasteiger charge is 2.28. The summed E-state index contributed by atoms with van der Waals surface area (Å²) in [4.78, 5) is 3.72. The molecular weight excluding hydrogens is 400 g/mol. The number of unbranched alkanes of at least 4 members (excludes halogenated alkanes) is 2. The third kappa shape index (κ3) is 4.74. The number of hydrogen-bond acceptors (Lipinski definition) is 5. The van der Waals surface area contributed by atoms with Gasteiger partial charge in [0.2, 0.25) is 0 Å². The van der Waals surface area contributed by atoms with Crippen molar-refractivity contribution < 1.29 is 18.6 Å². The third-order valence-corrected chi connectivity index (χ3v) is 6.35. The summed E-state index contributed by atoms with van der Waals surface area (Å²) in [6.07, 6.45) is 5.99. The average molecular weight is 427 g/mol. The molecule has 158 valence electrons. The van der Waals surface area contributed by atoms with Crippen LogP contribution in [-0.4, -0.2) is 23.6 Å². The maximum atomic E-state index is 13.3. The first kappa shape index (κ1) is 21.6. The molecular formula is C23H26N2O4S. The lowest BCUT2D eigenvalue weighted by Gasteiger charge is -2.18. The molecule has 0 bridgehead atoms. The van der Waals surface area contributed by atoms with Gasteiger partial charge in [-0.3, -0.25) is 9.71 Å². The highest BCUT2D eigenvalue weighted by molar-refractivity contribution is 7.92. The number of aromatic hydroxyl groups is 2. The van der Waals surface area contributed by atoms with E-state index in [0.717, 1.165) is 24.8 Å². The largest absolute Gasteiger partial charge is 0.507 e. The van der Waals surface area contributed by atoms with E-state index in [-0.39, 0.29) is 16.2 Å². The molecule has 0 spiro atoms. The summed E-state index contributed by atoms with van der Waals surface area (Å²) in [5, 5.41) is 21.7. The SMILES string of the molecule is CCCCCc1cc(O)c(-c2cccc(C)c2)c(O)c1S(=O)(=O)Nc1cccnc1. The molecule has 7 heteroatoms. The molecule has 0 aliphatic heterocycles. The van der Waals surface area contributed by atoms with Crippen LogP contribution >= 0.6 is 0 Å². The number of phenols is 2. The molecule has 0 saturated carbocycles. The van der Waals surface area contributed by atoms with E-state index in [1.807, 2.05) is 13.0 Å². The summed E-state index contributed by atoms with van der Waals surface area (Å²) < 4.78 is 29.0. The fourth-order valence-corrected chi connectivity index (χ4v) is 4.85. The van der Waals surface area contributed by atoms with Crippen LogP contribution in [0.5, 0.6) is 11.5 Å². The molecule has 3 N–H and O–H groups in total. The number of aryl methyl sites for hydroxylation is 2. The van der Waals surface area contributed by atoms with Crippen LogP contribution in [0.25, 0.3) is 11.1 Å². The second-order valence-electron chi connectivity index (χ2n) is 7.28. The van der Waals surface area contributed by atoms with E-state index in [1.54, 1.807) is 36.5 Å². The van der Waals surface area contributed by atoms with Crippen molar-refractivity contribution in [1.82, 2.24) is 4.98 Å². The zero-order valence-electron chi connectivity index (χ0n) is 17.1. The Kier molecular flexibility index (Phi) is 6.62. The summed E-state index contributed by atoms with van der Waals surface area (Å²) in [6, 6.07) is 11.8. The molecule has 3 rings (SSSR count). The lowest BCUT2D eigenvalue weighted by molar-refractivity contribution is 0.440. The first-order valence-electron chi connectivity index (χ1n) is 9.91. The number of rotatable bonds is 8. The number of pyridine rings is 1. The minimum absolute atomic E-state index is 0.101. The Bertz CT molecular complexity index is 1130. The van der Waals surface area contributed by atoms with Gasteiger partial charge in [0.05, 0.1) is 17.4 Å². The van der Waals surface area contributed by atoms with Crippen LogP contribution in [-0.2, 0) is 16.4 Å². The van der Waals surface area contributed by atoms with Gasteiger partial charge in [0.1, 0.15) is 16.4 Å². The fourth-order valence-electron chi connectivity index (χ4n) is 3.46. The van der Waals surface area contributed by atoms with Crippen LogP contribution in [0.15, 0.2) is 59.8 Å². The van der Waals surface area contributed by atoms with E-state index >= 15 is 0 Å². The zero-order chi connectivity index (χ0) is 21.7. The van der Waals surface area contributed by atoms with Crippen molar-refractivity contribution >= 4 is 15.7 Å². The van der Waals surface area contributed by atoms with Crippen molar-refractivity contribution in [2.24, 2.45) is 0 Å². The smallest absolute Gasteiger partial charge is 0.265 e. The zero-order valence-corrected chi connectivity index (χ0v) is 17.9. The second kappa shape index (κ2) is 9.17. The Morgan fingerprint density at radius 1 is 1.07 bits per heavy atom. The molecule has 1 heterocycles. The molecule has 0 aliphatic rings. The number of benzene rings is 2. The minimum Gasteiger partial charge on any atom is -0.507 e. The van der Waals surface area contributed by atoms with Gasteiger partial charge in [-0.1, -0.05) is 49.6 Å². The highest BCUT2D eigenvalue weighted by Crippen LogP contribution is 2.44. The van der Waals surface area contributed by atoms with E-state index in [0.29, 0.717) is 23.2 Å². The second-order valence-corrected chi connectivity index (χ2v) is 8.90. The van der Waals surface area contributed by atoms with E-state index in [9.17, 15) is 18.6 Å². The Morgan fingerprint density at radius 3 is 2.53 bits per heavy atom. The molecule has 2 aromatic carbocycles. The van der Waals surface area contributed by atoms with E-state index in [2.05, 4.69) is 16.6 Å². The summed E-state index contributed by atoms with van der Waals surface area (Å²) in [5.41, 5.74) is 2.25. The normalized spacial score (nSPS) is 11.4. The molecule has 0 fully saturated rings. The summed E-state index contributed by atoms with van der Waals surface area (Å²) in [5.74, 6) is -0.603. The Hall–Kier alpha value is -3.06.